The molecule has 1 aromatic heterocycles. The molecule has 0 spiro atoms. The second-order valence-corrected chi connectivity index (χ2v) is 2.48. The van der Waals surface area contributed by atoms with Gasteiger partial charge in [0.25, 0.3) is 5.91 Å². The molecule has 2 rings (SSSR count). The molecule has 1 aromatic rings. The average Bonchev–Trinajstić information content (AvgIpc) is 2.40. The summed E-state index contributed by atoms with van der Waals surface area (Å²) in [5.74, 6) is -0.119. The van der Waals surface area contributed by atoms with E-state index in [0.29, 0.717) is 5.69 Å². The van der Waals surface area contributed by atoms with Crippen molar-refractivity contribution in [3.8, 4) is 0 Å². The maximum absolute atomic E-state index is 11.1. The van der Waals surface area contributed by atoms with Crippen LogP contribution in [0.3, 0.4) is 0 Å². The fourth-order valence-electron chi connectivity index (χ4n) is 1.15. The number of hydrogen-bond donors (Lipinski definition) is 2. The van der Waals surface area contributed by atoms with Gasteiger partial charge in [-0.15, -0.1) is 0 Å². The number of amides is 1. The first-order valence-electron chi connectivity index (χ1n) is 3.56. The normalized spacial score (nSPS) is 16.9. The number of aromatic amines is 1. The smallest absolute Gasteiger partial charge is 0.273 e. The number of nitrogens with zero attached hydrogens (tertiary/aromatic N) is 2. The number of carbonyl (C=O) groups is 1. The first-order valence-corrected chi connectivity index (χ1v) is 3.56. The number of rotatable bonds is 0. The molecule has 0 radical (unpaired) electrons. The van der Waals surface area contributed by atoms with Gasteiger partial charge in [0.1, 0.15) is 0 Å². The maximum atomic E-state index is 11.1. The zero-order chi connectivity index (χ0) is 7.68. The van der Waals surface area contributed by atoms with Gasteiger partial charge in [0, 0.05) is 6.54 Å². The monoisotopic (exact) mass is 152 g/mol. The fraction of sp³-hybridized carbons (Fsp3) is 0.500. The van der Waals surface area contributed by atoms with E-state index in [1.165, 1.54) is 0 Å². The minimum atomic E-state index is -0.119. The van der Waals surface area contributed by atoms with Crippen LogP contribution in [-0.4, -0.2) is 27.9 Å². The van der Waals surface area contributed by atoms with Crippen molar-refractivity contribution in [2.24, 2.45) is 0 Å². The summed E-state index contributed by atoms with van der Waals surface area (Å²) in [6.07, 6.45) is 1.76. The van der Waals surface area contributed by atoms with E-state index in [9.17, 15) is 4.79 Å². The lowest BCUT2D eigenvalue weighted by Gasteiger charge is -1.94. The number of aromatic nitrogens is 3. The van der Waals surface area contributed by atoms with E-state index in [1.807, 2.05) is 0 Å². The van der Waals surface area contributed by atoms with E-state index >= 15 is 0 Å². The molecule has 5 nitrogen and oxygen atoms in total. The summed E-state index contributed by atoms with van der Waals surface area (Å²) in [5.41, 5.74) is 1.22. The molecule has 2 heterocycles. The van der Waals surface area contributed by atoms with Gasteiger partial charge >= 0.3 is 0 Å². The Morgan fingerprint density at radius 2 is 2.27 bits per heavy atom. The van der Waals surface area contributed by atoms with Gasteiger partial charge in [-0.3, -0.25) is 4.79 Å². The minimum Gasteiger partial charge on any atom is -0.351 e. The van der Waals surface area contributed by atoms with Crippen LogP contribution in [0.5, 0.6) is 0 Å². The van der Waals surface area contributed by atoms with E-state index in [1.54, 1.807) is 0 Å². The summed E-state index contributed by atoms with van der Waals surface area (Å²) in [5, 5.41) is 12.8. The molecule has 0 aromatic carbocycles. The lowest BCUT2D eigenvalue weighted by atomic mass is 10.2. The molecular formula is C6H8N4O. The molecule has 0 saturated heterocycles. The van der Waals surface area contributed by atoms with Gasteiger partial charge in [-0.2, -0.15) is 15.4 Å². The lowest BCUT2D eigenvalue weighted by molar-refractivity contribution is 0.0951. The van der Waals surface area contributed by atoms with Gasteiger partial charge < -0.3 is 5.32 Å². The quantitative estimate of drug-likeness (QED) is 0.525. The molecular weight excluding hydrogens is 144 g/mol. The van der Waals surface area contributed by atoms with E-state index in [2.05, 4.69) is 20.7 Å². The van der Waals surface area contributed by atoms with Crippen LogP contribution < -0.4 is 5.32 Å². The van der Waals surface area contributed by atoms with Crippen molar-refractivity contribution in [2.75, 3.05) is 6.54 Å². The summed E-state index contributed by atoms with van der Waals surface area (Å²) in [6, 6.07) is 0. The van der Waals surface area contributed by atoms with Gasteiger partial charge in [-0.25, -0.2) is 0 Å². The van der Waals surface area contributed by atoms with Crippen LogP contribution in [-0.2, 0) is 6.42 Å². The fourth-order valence-corrected chi connectivity index (χ4v) is 1.15. The van der Waals surface area contributed by atoms with Crippen molar-refractivity contribution in [3.05, 3.63) is 11.4 Å². The molecule has 0 saturated carbocycles. The molecule has 5 heteroatoms. The molecule has 11 heavy (non-hydrogen) atoms. The SMILES string of the molecule is O=C1NCCCc2n[nH]nc21. The average molecular weight is 152 g/mol. The Morgan fingerprint density at radius 1 is 1.36 bits per heavy atom. The van der Waals surface area contributed by atoms with Gasteiger partial charge in [0.2, 0.25) is 0 Å². The number of H-pyrrole nitrogens is 1. The summed E-state index contributed by atoms with van der Waals surface area (Å²) >= 11 is 0. The Kier molecular flexibility index (Phi) is 1.34. The Morgan fingerprint density at radius 3 is 3.18 bits per heavy atom. The molecule has 1 amide bonds. The maximum Gasteiger partial charge on any atom is 0.273 e. The van der Waals surface area contributed by atoms with Crippen molar-refractivity contribution < 1.29 is 4.79 Å². The van der Waals surface area contributed by atoms with E-state index in [0.717, 1.165) is 25.1 Å². The third kappa shape index (κ3) is 0.978. The third-order valence-corrected chi connectivity index (χ3v) is 1.71. The highest BCUT2D eigenvalue weighted by atomic mass is 16.2. The van der Waals surface area contributed by atoms with E-state index < -0.39 is 0 Å². The van der Waals surface area contributed by atoms with Crippen molar-refractivity contribution in [3.63, 3.8) is 0 Å². The predicted molar refractivity (Wildman–Crippen MR) is 37.0 cm³/mol. The van der Waals surface area contributed by atoms with Crippen molar-refractivity contribution >= 4 is 5.91 Å². The van der Waals surface area contributed by atoms with Crippen LogP contribution in [0.1, 0.15) is 22.6 Å². The molecule has 58 valence electrons. The summed E-state index contributed by atoms with van der Waals surface area (Å²) in [4.78, 5) is 11.1. The first-order chi connectivity index (χ1) is 5.38. The third-order valence-electron chi connectivity index (χ3n) is 1.71. The molecule has 0 bridgehead atoms. The Labute approximate surface area is 63.2 Å². The molecule has 1 aliphatic rings. The van der Waals surface area contributed by atoms with Crippen LogP contribution in [0.4, 0.5) is 0 Å². The van der Waals surface area contributed by atoms with Crippen molar-refractivity contribution in [1.82, 2.24) is 20.7 Å². The second kappa shape index (κ2) is 2.34. The Bertz CT molecular complexity index is 280. The number of hydrogen-bond acceptors (Lipinski definition) is 3. The highest BCUT2D eigenvalue weighted by Crippen LogP contribution is 2.06. The number of carbonyl (C=O) groups excluding carboxylic acids is 1. The van der Waals surface area contributed by atoms with Crippen LogP contribution in [0, 0.1) is 0 Å². The van der Waals surface area contributed by atoms with Crippen LogP contribution in [0.15, 0.2) is 0 Å². The summed E-state index contributed by atoms with van der Waals surface area (Å²) in [7, 11) is 0. The highest BCUT2D eigenvalue weighted by Gasteiger charge is 2.18. The summed E-state index contributed by atoms with van der Waals surface area (Å²) in [6.45, 7) is 0.719. The predicted octanol–water partition coefficient (Wildman–Crippen LogP) is -0.519. The molecule has 0 aliphatic carbocycles. The van der Waals surface area contributed by atoms with Gasteiger partial charge in [0.15, 0.2) is 5.69 Å². The summed E-state index contributed by atoms with van der Waals surface area (Å²) < 4.78 is 0. The zero-order valence-corrected chi connectivity index (χ0v) is 5.92. The van der Waals surface area contributed by atoms with Crippen molar-refractivity contribution in [2.45, 2.75) is 12.8 Å². The van der Waals surface area contributed by atoms with Gasteiger partial charge in [0.05, 0.1) is 5.69 Å². The van der Waals surface area contributed by atoms with E-state index in [-0.39, 0.29) is 5.91 Å². The van der Waals surface area contributed by atoms with E-state index in [4.69, 9.17) is 0 Å². The molecule has 0 atom stereocenters. The first kappa shape index (κ1) is 6.33. The standard InChI is InChI=1S/C6H8N4O/c11-6-5-4(8-10-9-5)2-1-3-7-6/h1-3H2,(H,7,11)(H,8,9,10). The Hall–Kier alpha value is -1.39. The Balaban J connectivity index is 2.41. The van der Waals surface area contributed by atoms with Crippen molar-refractivity contribution in [1.29, 1.82) is 0 Å². The van der Waals surface area contributed by atoms with Crippen LogP contribution in [0.25, 0.3) is 0 Å². The van der Waals surface area contributed by atoms with Gasteiger partial charge in [-0.1, -0.05) is 0 Å². The number of nitrogens with one attached hydrogen (secondary N) is 2. The topological polar surface area (TPSA) is 70.7 Å². The van der Waals surface area contributed by atoms with Gasteiger partial charge in [-0.05, 0) is 12.8 Å². The highest BCUT2D eigenvalue weighted by molar-refractivity contribution is 5.93. The molecule has 1 aliphatic heterocycles. The molecule has 0 unspecified atom stereocenters. The number of aryl methyl sites for hydroxylation is 1. The largest absolute Gasteiger partial charge is 0.351 e. The second-order valence-electron chi connectivity index (χ2n) is 2.48. The molecule has 0 fully saturated rings. The minimum absolute atomic E-state index is 0.119. The lowest BCUT2D eigenvalue weighted by Crippen LogP contribution is -2.23. The van der Waals surface area contributed by atoms with Crippen LogP contribution >= 0.6 is 0 Å². The zero-order valence-electron chi connectivity index (χ0n) is 5.92. The molecule has 2 N–H and O–H groups in total. The number of fused-ring (bicyclic) bond motifs is 1. The van der Waals surface area contributed by atoms with Crippen LogP contribution in [0.2, 0.25) is 0 Å².